The summed E-state index contributed by atoms with van der Waals surface area (Å²) in [5, 5.41) is 0. The largest absolute Gasteiger partial charge is 0.328 e. The maximum atomic E-state index is 12.2. The van der Waals surface area contributed by atoms with Crippen LogP contribution in [0.25, 0.3) is 0 Å². The molecule has 0 aromatic carbocycles. The molecule has 0 fully saturated rings. The lowest BCUT2D eigenvalue weighted by Crippen LogP contribution is -2.42. The monoisotopic (exact) mass is 238 g/mol. The highest BCUT2D eigenvalue weighted by Crippen LogP contribution is 2.28. The molecule has 0 aliphatic heterocycles. The molecule has 96 valence electrons. The number of nitrogens with one attached hydrogen (secondary N) is 1. The first-order valence-electron chi connectivity index (χ1n) is 5.80. The first kappa shape index (κ1) is 13.7. The fourth-order valence-corrected chi connectivity index (χ4v) is 1.88. The molecule has 0 unspecified atom stereocenters. The number of H-pyrrole nitrogens is 1. The topological polar surface area (TPSA) is 54.9 Å². The van der Waals surface area contributed by atoms with Gasteiger partial charge in [0.25, 0.3) is 5.56 Å². The quantitative estimate of drug-likeness (QED) is 0.747. The average molecular weight is 238 g/mol. The summed E-state index contributed by atoms with van der Waals surface area (Å²) in [4.78, 5) is 26.8. The van der Waals surface area contributed by atoms with Crippen molar-refractivity contribution in [2.45, 2.75) is 52.4 Å². The molecule has 1 aromatic heterocycles. The van der Waals surface area contributed by atoms with Crippen LogP contribution in [-0.4, -0.2) is 9.55 Å². The van der Waals surface area contributed by atoms with Gasteiger partial charge in [-0.2, -0.15) is 0 Å². The van der Waals surface area contributed by atoms with Crippen molar-refractivity contribution in [1.29, 1.82) is 0 Å². The summed E-state index contributed by atoms with van der Waals surface area (Å²) in [7, 11) is 1.50. The molecule has 0 saturated heterocycles. The van der Waals surface area contributed by atoms with Crippen LogP contribution in [0.5, 0.6) is 0 Å². The number of aromatic amines is 1. The van der Waals surface area contributed by atoms with Gasteiger partial charge in [0.2, 0.25) is 0 Å². The van der Waals surface area contributed by atoms with E-state index in [1.807, 2.05) is 41.5 Å². The third-order valence-electron chi connectivity index (χ3n) is 2.81. The smallest absolute Gasteiger partial charge is 0.310 e. The lowest BCUT2D eigenvalue weighted by atomic mass is 9.79. The highest BCUT2D eigenvalue weighted by atomic mass is 16.2. The Kier molecular flexibility index (Phi) is 3.12. The molecule has 0 amide bonds. The van der Waals surface area contributed by atoms with Gasteiger partial charge in [0.1, 0.15) is 0 Å². The first-order valence-corrected chi connectivity index (χ1v) is 5.80. The van der Waals surface area contributed by atoms with Gasteiger partial charge in [-0.25, -0.2) is 4.79 Å². The van der Waals surface area contributed by atoms with Gasteiger partial charge in [0, 0.05) is 23.7 Å². The Balaban J connectivity index is 3.85. The molecule has 0 saturated carbocycles. The van der Waals surface area contributed by atoms with Gasteiger partial charge in [0.05, 0.1) is 0 Å². The molecule has 1 N–H and O–H groups in total. The molecule has 4 heteroatoms. The minimum Gasteiger partial charge on any atom is -0.310 e. The van der Waals surface area contributed by atoms with Crippen molar-refractivity contribution in [2.75, 3.05) is 0 Å². The van der Waals surface area contributed by atoms with E-state index in [2.05, 4.69) is 4.98 Å². The van der Waals surface area contributed by atoms with Gasteiger partial charge in [-0.3, -0.25) is 9.36 Å². The van der Waals surface area contributed by atoms with Crippen molar-refractivity contribution in [3.05, 3.63) is 32.1 Å². The van der Waals surface area contributed by atoms with E-state index in [1.54, 1.807) is 0 Å². The van der Waals surface area contributed by atoms with E-state index in [0.29, 0.717) is 5.56 Å². The summed E-state index contributed by atoms with van der Waals surface area (Å²) in [5.74, 6) is 0. The van der Waals surface area contributed by atoms with Gasteiger partial charge < -0.3 is 4.98 Å². The van der Waals surface area contributed by atoms with E-state index in [9.17, 15) is 9.59 Å². The van der Waals surface area contributed by atoms with Crippen molar-refractivity contribution < 1.29 is 0 Å². The Morgan fingerprint density at radius 1 is 0.941 bits per heavy atom. The SMILES string of the molecule is Cn1c(=O)[nH]c(C(C)(C)C)c(C(C)(C)C)c1=O. The number of rotatable bonds is 0. The molecule has 1 heterocycles. The molecule has 0 bridgehead atoms. The Morgan fingerprint density at radius 3 is 1.76 bits per heavy atom. The zero-order valence-corrected chi connectivity index (χ0v) is 11.8. The van der Waals surface area contributed by atoms with Crippen LogP contribution in [0.4, 0.5) is 0 Å². The zero-order chi connectivity index (χ0) is 13.6. The van der Waals surface area contributed by atoms with Gasteiger partial charge >= 0.3 is 5.69 Å². The molecule has 1 rings (SSSR count). The minimum absolute atomic E-state index is 0.203. The van der Waals surface area contributed by atoms with Crippen LogP contribution in [0.15, 0.2) is 9.59 Å². The predicted molar refractivity (Wildman–Crippen MR) is 69.7 cm³/mol. The Morgan fingerprint density at radius 2 is 1.41 bits per heavy atom. The average Bonchev–Trinajstić information content (AvgIpc) is 2.09. The summed E-state index contributed by atoms with van der Waals surface area (Å²) in [6, 6.07) is 0. The molecular formula is C13H22N2O2. The first-order chi connectivity index (χ1) is 7.46. The van der Waals surface area contributed by atoms with Crippen molar-refractivity contribution in [3.8, 4) is 0 Å². The molecule has 0 aliphatic carbocycles. The van der Waals surface area contributed by atoms with E-state index in [4.69, 9.17) is 0 Å². The fraction of sp³-hybridized carbons (Fsp3) is 0.692. The van der Waals surface area contributed by atoms with Crippen LogP contribution >= 0.6 is 0 Å². The zero-order valence-electron chi connectivity index (χ0n) is 11.8. The fourth-order valence-electron chi connectivity index (χ4n) is 1.88. The normalized spacial score (nSPS) is 12.9. The maximum Gasteiger partial charge on any atom is 0.328 e. The highest BCUT2D eigenvalue weighted by molar-refractivity contribution is 5.29. The predicted octanol–water partition coefficient (Wildman–Crippen LogP) is 1.67. The number of hydrogen-bond donors (Lipinski definition) is 1. The van der Waals surface area contributed by atoms with Gasteiger partial charge in [-0.1, -0.05) is 41.5 Å². The third-order valence-corrected chi connectivity index (χ3v) is 2.81. The van der Waals surface area contributed by atoms with Crippen LogP contribution in [-0.2, 0) is 17.9 Å². The summed E-state index contributed by atoms with van der Waals surface area (Å²) < 4.78 is 1.13. The number of nitrogens with zero attached hydrogens (tertiary/aromatic N) is 1. The number of aromatic nitrogens is 2. The van der Waals surface area contributed by atoms with E-state index in [-0.39, 0.29) is 22.1 Å². The third kappa shape index (κ3) is 2.51. The van der Waals surface area contributed by atoms with Crippen molar-refractivity contribution in [1.82, 2.24) is 9.55 Å². The van der Waals surface area contributed by atoms with Crippen LogP contribution in [0.1, 0.15) is 52.8 Å². The van der Waals surface area contributed by atoms with Crippen molar-refractivity contribution in [3.63, 3.8) is 0 Å². The molecular weight excluding hydrogens is 216 g/mol. The molecule has 17 heavy (non-hydrogen) atoms. The number of hydrogen-bond acceptors (Lipinski definition) is 2. The van der Waals surface area contributed by atoms with Gasteiger partial charge in [0.15, 0.2) is 0 Å². The molecule has 0 spiro atoms. The van der Waals surface area contributed by atoms with Crippen LogP contribution in [0.3, 0.4) is 0 Å². The molecule has 0 atom stereocenters. The lowest BCUT2D eigenvalue weighted by Gasteiger charge is -2.28. The second-order valence-electron chi connectivity index (χ2n) is 6.54. The second-order valence-corrected chi connectivity index (χ2v) is 6.54. The lowest BCUT2D eigenvalue weighted by molar-refractivity contribution is 0.492. The Hall–Kier alpha value is -1.32. The molecule has 0 radical (unpaired) electrons. The van der Waals surface area contributed by atoms with Crippen molar-refractivity contribution in [2.24, 2.45) is 7.05 Å². The molecule has 4 nitrogen and oxygen atoms in total. The van der Waals surface area contributed by atoms with E-state index in [0.717, 1.165) is 10.3 Å². The van der Waals surface area contributed by atoms with Crippen LogP contribution < -0.4 is 11.2 Å². The van der Waals surface area contributed by atoms with E-state index >= 15 is 0 Å². The standard InChI is InChI=1S/C13H22N2O2/c1-12(2,3)8-9(13(4,5)6)14-11(17)15(7)10(8)16/h1-7H3,(H,14,17). The molecule has 0 aliphatic rings. The van der Waals surface area contributed by atoms with Crippen molar-refractivity contribution >= 4 is 0 Å². The summed E-state index contributed by atoms with van der Waals surface area (Å²) >= 11 is 0. The minimum atomic E-state index is -0.354. The molecule has 1 aromatic rings. The van der Waals surface area contributed by atoms with Gasteiger partial charge in [-0.05, 0) is 5.41 Å². The van der Waals surface area contributed by atoms with Gasteiger partial charge in [-0.15, -0.1) is 0 Å². The van der Waals surface area contributed by atoms with E-state index < -0.39 is 0 Å². The Bertz CT molecular complexity index is 536. The maximum absolute atomic E-state index is 12.2. The summed E-state index contributed by atoms with van der Waals surface area (Å²) in [6.07, 6.45) is 0. The summed E-state index contributed by atoms with van der Waals surface area (Å²) in [5.41, 5.74) is 0.320. The van der Waals surface area contributed by atoms with Crippen LogP contribution in [0.2, 0.25) is 0 Å². The van der Waals surface area contributed by atoms with Crippen LogP contribution in [0, 0.1) is 0 Å². The second kappa shape index (κ2) is 3.86. The summed E-state index contributed by atoms with van der Waals surface area (Å²) in [6.45, 7) is 11.9. The highest BCUT2D eigenvalue weighted by Gasteiger charge is 2.29. The Labute approximate surface area is 102 Å². The van der Waals surface area contributed by atoms with E-state index in [1.165, 1.54) is 7.05 Å².